The molecule has 1 saturated carbocycles. The highest BCUT2D eigenvalue weighted by atomic mass is 32.2. The first kappa shape index (κ1) is 18.5. The molecule has 0 saturated heterocycles. The smallest absolute Gasteiger partial charge is 0.230 e. The molecular weight excluding hydrogens is 348 g/mol. The molecule has 6 heteroatoms. The molecule has 0 unspecified atom stereocenters. The van der Waals surface area contributed by atoms with Gasteiger partial charge < -0.3 is 5.32 Å². The second-order valence-electron chi connectivity index (χ2n) is 6.88. The van der Waals surface area contributed by atoms with Crippen LogP contribution in [0.1, 0.15) is 30.4 Å². The third-order valence-electron chi connectivity index (χ3n) is 4.70. The van der Waals surface area contributed by atoms with E-state index in [1.54, 1.807) is 12.1 Å². The van der Waals surface area contributed by atoms with Gasteiger partial charge in [-0.15, -0.1) is 0 Å². The highest BCUT2D eigenvalue weighted by Crippen LogP contribution is 2.48. The fraction of sp³-hybridized carbons (Fsp3) is 0.350. The molecule has 0 aliphatic heterocycles. The molecule has 26 heavy (non-hydrogen) atoms. The SMILES string of the molecule is CS(=O)(=O)Nc1ccc(C2(C(=O)NCCCc3ccccc3)CC2)cc1. The van der Waals surface area contributed by atoms with Crippen molar-refractivity contribution in [3.05, 3.63) is 65.7 Å². The molecule has 3 rings (SSSR count). The van der Waals surface area contributed by atoms with Crippen LogP contribution in [0.15, 0.2) is 54.6 Å². The van der Waals surface area contributed by atoms with Crippen LogP contribution in [-0.2, 0) is 26.7 Å². The van der Waals surface area contributed by atoms with Crippen LogP contribution in [0.2, 0.25) is 0 Å². The van der Waals surface area contributed by atoms with Gasteiger partial charge in [0.25, 0.3) is 0 Å². The van der Waals surface area contributed by atoms with Gasteiger partial charge in [-0.2, -0.15) is 0 Å². The van der Waals surface area contributed by atoms with Crippen molar-refractivity contribution in [1.29, 1.82) is 0 Å². The molecule has 0 heterocycles. The van der Waals surface area contributed by atoms with Gasteiger partial charge in [0.05, 0.1) is 11.7 Å². The predicted molar refractivity (Wildman–Crippen MR) is 104 cm³/mol. The lowest BCUT2D eigenvalue weighted by Crippen LogP contribution is -2.35. The van der Waals surface area contributed by atoms with Crippen molar-refractivity contribution in [2.75, 3.05) is 17.5 Å². The Hall–Kier alpha value is -2.34. The Morgan fingerprint density at radius 2 is 1.69 bits per heavy atom. The molecule has 0 atom stereocenters. The monoisotopic (exact) mass is 372 g/mol. The van der Waals surface area contributed by atoms with Gasteiger partial charge >= 0.3 is 0 Å². The van der Waals surface area contributed by atoms with Crippen LogP contribution < -0.4 is 10.0 Å². The first-order chi connectivity index (χ1) is 12.4. The fourth-order valence-electron chi connectivity index (χ4n) is 3.15. The van der Waals surface area contributed by atoms with Crippen molar-refractivity contribution in [3.63, 3.8) is 0 Å². The van der Waals surface area contributed by atoms with E-state index in [4.69, 9.17) is 0 Å². The average Bonchev–Trinajstić information content (AvgIpc) is 3.41. The first-order valence-corrected chi connectivity index (χ1v) is 10.7. The number of carbonyl (C=O) groups excluding carboxylic acids is 1. The maximum absolute atomic E-state index is 12.6. The van der Waals surface area contributed by atoms with Gasteiger partial charge in [0.2, 0.25) is 15.9 Å². The molecular formula is C20H24N2O3S. The van der Waals surface area contributed by atoms with E-state index in [-0.39, 0.29) is 5.91 Å². The average molecular weight is 372 g/mol. The number of hydrogen-bond donors (Lipinski definition) is 2. The lowest BCUT2D eigenvalue weighted by molar-refractivity contribution is -0.123. The highest BCUT2D eigenvalue weighted by Gasteiger charge is 2.50. The van der Waals surface area contributed by atoms with Crippen molar-refractivity contribution in [1.82, 2.24) is 5.32 Å². The summed E-state index contributed by atoms with van der Waals surface area (Å²) in [6.07, 6.45) is 4.63. The minimum atomic E-state index is -3.29. The Labute approximate surface area is 154 Å². The summed E-state index contributed by atoms with van der Waals surface area (Å²) in [4.78, 5) is 12.6. The molecule has 1 aliphatic carbocycles. The third-order valence-corrected chi connectivity index (χ3v) is 5.30. The van der Waals surface area contributed by atoms with Crippen molar-refractivity contribution >= 4 is 21.6 Å². The Kier molecular flexibility index (Phi) is 5.32. The standard InChI is InChI=1S/C20H24N2O3S/c1-26(24,25)22-18-11-9-17(10-12-18)20(13-14-20)19(23)21-15-5-8-16-6-3-2-4-7-16/h2-4,6-7,9-12,22H,5,8,13-15H2,1H3,(H,21,23). The fourth-order valence-corrected chi connectivity index (χ4v) is 3.72. The van der Waals surface area contributed by atoms with Crippen LogP contribution in [0.25, 0.3) is 0 Å². The molecule has 0 aromatic heterocycles. The van der Waals surface area contributed by atoms with Crippen LogP contribution in [0, 0.1) is 0 Å². The minimum Gasteiger partial charge on any atom is -0.355 e. The summed E-state index contributed by atoms with van der Waals surface area (Å²) in [5.74, 6) is 0.0642. The summed E-state index contributed by atoms with van der Waals surface area (Å²) in [5.41, 5.74) is 2.28. The van der Waals surface area contributed by atoms with E-state index < -0.39 is 15.4 Å². The van der Waals surface area contributed by atoms with Gasteiger partial charge in [-0.3, -0.25) is 9.52 Å². The van der Waals surface area contributed by atoms with Gasteiger partial charge in [-0.05, 0) is 48.9 Å². The van der Waals surface area contributed by atoms with Gasteiger partial charge in [0, 0.05) is 12.2 Å². The van der Waals surface area contributed by atoms with Crippen molar-refractivity contribution < 1.29 is 13.2 Å². The van der Waals surface area contributed by atoms with Gasteiger partial charge in [0.15, 0.2) is 0 Å². The van der Waals surface area contributed by atoms with Crippen molar-refractivity contribution in [2.24, 2.45) is 0 Å². The summed E-state index contributed by atoms with van der Waals surface area (Å²) in [6, 6.07) is 17.3. The number of nitrogens with one attached hydrogen (secondary N) is 2. The third kappa shape index (κ3) is 4.64. The molecule has 0 spiro atoms. The largest absolute Gasteiger partial charge is 0.355 e. The number of benzene rings is 2. The molecule has 0 bridgehead atoms. The topological polar surface area (TPSA) is 75.3 Å². The molecule has 5 nitrogen and oxygen atoms in total. The summed E-state index contributed by atoms with van der Waals surface area (Å²) < 4.78 is 25.0. The van der Waals surface area contributed by atoms with Crippen LogP contribution in [0.4, 0.5) is 5.69 Å². The van der Waals surface area contributed by atoms with Crippen LogP contribution in [-0.4, -0.2) is 27.1 Å². The van der Waals surface area contributed by atoms with Crippen LogP contribution >= 0.6 is 0 Å². The summed E-state index contributed by atoms with van der Waals surface area (Å²) >= 11 is 0. The zero-order valence-corrected chi connectivity index (χ0v) is 15.7. The number of hydrogen-bond acceptors (Lipinski definition) is 3. The quantitative estimate of drug-likeness (QED) is 0.700. The van der Waals surface area contributed by atoms with Crippen molar-refractivity contribution in [3.8, 4) is 0 Å². The zero-order chi connectivity index (χ0) is 18.6. The minimum absolute atomic E-state index is 0.0642. The zero-order valence-electron chi connectivity index (χ0n) is 14.9. The van der Waals surface area contributed by atoms with E-state index in [9.17, 15) is 13.2 Å². The molecule has 2 N–H and O–H groups in total. The molecule has 2 aromatic carbocycles. The van der Waals surface area contributed by atoms with E-state index in [1.165, 1.54) is 5.56 Å². The number of carbonyl (C=O) groups is 1. The van der Waals surface area contributed by atoms with E-state index >= 15 is 0 Å². The van der Waals surface area contributed by atoms with Gasteiger partial charge in [-0.1, -0.05) is 42.5 Å². The predicted octanol–water partition coefficient (Wildman–Crippen LogP) is 2.84. The molecule has 1 amide bonds. The lowest BCUT2D eigenvalue weighted by atomic mass is 9.94. The maximum Gasteiger partial charge on any atom is 0.230 e. The molecule has 0 radical (unpaired) electrons. The molecule has 2 aromatic rings. The highest BCUT2D eigenvalue weighted by molar-refractivity contribution is 7.92. The summed E-state index contributed by atoms with van der Waals surface area (Å²) in [5, 5.41) is 3.06. The van der Waals surface area contributed by atoms with Gasteiger partial charge in [0.1, 0.15) is 0 Å². The summed E-state index contributed by atoms with van der Waals surface area (Å²) in [7, 11) is -3.29. The lowest BCUT2D eigenvalue weighted by Gasteiger charge is -2.16. The first-order valence-electron chi connectivity index (χ1n) is 8.80. The van der Waals surface area contributed by atoms with E-state index in [0.29, 0.717) is 12.2 Å². The van der Waals surface area contributed by atoms with E-state index in [2.05, 4.69) is 22.2 Å². The second kappa shape index (κ2) is 7.50. The number of sulfonamides is 1. The van der Waals surface area contributed by atoms with Gasteiger partial charge in [-0.25, -0.2) is 8.42 Å². The molecule has 1 aliphatic rings. The molecule has 1 fully saturated rings. The number of aryl methyl sites for hydroxylation is 1. The Bertz CT molecular complexity index is 858. The normalized spacial score (nSPS) is 15.3. The Morgan fingerprint density at radius 3 is 2.27 bits per heavy atom. The van der Waals surface area contributed by atoms with Crippen molar-refractivity contribution in [2.45, 2.75) is 31.1 Å². The Balaban J connectivity index is 1.53. The second-order valence-corrected chi connectivity index (χ2v) is 8.63. The van der Waals surface area contributed by atoms with Crippen LogP contribution in [0.5, 0.6) is 0 Å². The number of amides is 1. The number of anilines is 1. The Morgan fingerprint density at radius 1 is 1.04 bits per heavy atom. The summed E-state index contributed by atoms with van der Waals surface area (Å²) in [6.45, 7) is 0.656. The maximum atomic E-state index is 12.6. The van der Waals surface area contributed by atoms with E-state index in [0.717, 1.165) is 37.5 Å². The molecule has 138 valence electrons. The van der Waals surface area contributed by atoms with Crippen LogP contribution in [0.3, 0.4) is 0 Å². The number of rotatable bonds is 8. The van der Waals surface area contributed by atoms with E-state index in [1.807, 2.05) is 30.3 Å².